The number of nitrogens with one attached hydrogen (secondary N) is 1. The molecule has 0 fully saturated rings. The molecule has 2 rings (SSSR count). The Hall–Kier alpha value is -1.58. The summed E-state index contributed by atoms with van der Waals surface area (Å²) in [6.07, 6.45) is 0.0543. The number of hydrogen-bond donors (Lipinski definition) is 1. The van der Waals surface area contributed by atoms with Gasteiger partial charge in [-0.25, -0.2) is 0 Å². The molecule has 0 aromatic heterocycles. The minimum Gasteiger partial charge on any atom is -0.493 e. The van der Waals surface area contributed by atoms with Gasteiger partial charge in [0.15, 0.2) is 11.5 Å². The molecule has 0 radical (unpaired) electrons. The van der Waals surface area contributed by atoms with E-state index in [0.717, 1.165) is 21.8 Å². The van der Waals surface area contributed by atoms with Crippen LogP contribution in [0.1, 0.15) is 25.0 Å². The summed E-state index contributed by atoms with van der Waals surface area (Å²) in [5, 5.41) is 4.68. The van der Waals surface area contributed by atoms with E-state index in [-0.39, 0.29) is 6.10 Å². The Morgan fingerprint density at radius 1 is 1.04 bits per heavy atom. The highest BCUT2D eigenvalue weighted by Gasteiger charge is 2.12. The molecule has 23 heavy (non-hydrogen) atoms. The van der Waals surface area contributed by atoms with Crippen LogP contribution in [-0.4, -0.2) is 13.2 Å². The minimum atomic E-state index is 0.0543. The summed E-state index contributed by atoms with van der Waals surface area (Å²) in [5.74, 6) is 1.32. The van der Waals surface area contributed by atoms with Gasteiger partial charge in [0.2, 0.25) is 0 Å². The third-order valence-corrected chi connectivity index (χ3v) is 4.11. The molecular formula is C18H21Cl2NO2. The molecular weight excluding hydrogens is 333 g/mol. The molecule has 5 heteroatoms. The Morgan fingerprint density at radius 2 is 1.78 bits per heavy atom. The molecule has 124 valence electrons. The van der Waals surface area contributed by atoms with Crippen molar-refractivity contribution in [2.24, 2.45) is 0 Å². The molecule has 3 nitrogen and oxygen atoms in total. The average molecular weight is 354 g/mol. The first kappa shape index (κ1) is 17.8. The Morgan fingerprint density at radius 3 is 2.39 bits per heavy atom. The van der Waals surface area contributed by atoms with Crippen molar-refractivity contribution in [2.45, 2.75) is 33.4 Å². The first-order valence-corrected chi connectivity index (χ1v) is 8.19. The van der Waals surface area contributed by atoms with Crippen LogP contribution in [0, 0.1) is 6.92 Å². The lowest BCUT2D eigenvalue weighted by atomic mass is 10.1. The maximum Gasteiger partial charge on any atom is 0.163 e. The summed E-state index contributed by atoms with van der Waals surface area (Å²) < 4.78 is 11.1. The summed E-state index contributed by atoms with van der Waals surface area (Å²) in [6.45, 7) is 6.46. The normalized spacial score (nSPS) is 10.7. The number of anilines is 1. The number of ether oxygens (including phenoxy) is 2. The van der Waals surface area contributed by atoms with Crippen molar-refractivity contribution in [1.29, 1.82) is 0 Å². The largest absolute Gasteiger partial charge is 0.493 e. The van der Waals surface area contributed by atoms with Crippen LogP contribution < -0.4 is 14.8 Å². The van der Waals surface area contributed by atoms with E-state index in [1.807, 2.05) is 45.0 Å². The van der Waals surface area contributed by atoms with Gasteiger partial charge < -0.3 is 14.8 Å². The van der Waals surface area contributed by atoms with Gasteiger partial charge >= 0.3 is 0 Å². The van der Waals surface area contributed by atoms with Gasteiger partial charge in [-0.1, -0.05) is 29.3 Å². The maximum atomic E-state index is 6.36. The smallest absolute Gasteiger partial charge is 0.163 e. The quantitative estimate of drug-likeness (QED) is 0.721. The molecule has 2 aromatic rings. The van der Waals surface area contributed by atoms with E-state index in [1.54, 1.807) is 13.2 Å². The Balaban J connectivity index is 2.17. The summed E-state index contributed by atoms with van der Waals surface area (Å²) in [4.78, 5) is 0. The van der Waals surface area contributed by atoms with Crippen molar-refractivity contribution < 1.29 is 9.47 Å². The third-order valence-electron chi connectivity index (χ3n) is 3.35. The maximum absolute atomic E-state index is 6.36. The van der Waals surface area contributed by atoms with E-state index in [0.29, 0.717) is 23.1 Å². The second-order valence-electron chi connectivity index (χ2n) is 5.58. The molecule has 0 spiro atoms. The molecule has 0 atom stereocenters. The molecule has 1 N–H and O–H groups in total. The van der Waals surface area contributed by atoms with Gasteiger partial charge in [0.25, 0.3) is 0 Å². The molecule has 0 bridgehead atoms. The Labute approximate surface area is 147 Å². The predicted octanol–water partition coefficient (Wildman–Crippen LogP) is 5.71. The fraction of sp³-hybridized carbons (Fsp3) is 0.333. The Kier molecular flexibility index (Phi) is 6.03. The summed E-state index contributed by atoms with van der Waals surface area (Å²) in [6, 6.07) is 9.55. The SMILES string of the molecule is COc1cc(CNc2ccc(C)c(Cl)c2)c(Cl)cc1OC(C)C. The van der Waals surface area contributed by atoms with Crippen LogP contribution in [0.5, 0.6) is 11.5 Å². The molecule has 2 aromatic carbocycles. The zero-order valence-electron chi connectivity index (χ0n) is 13.7. The van der Waals surface area contributed by atoms with Crippen LogP contribution in [0.25, 0.3) is 0 Å². The first-order valence-electron chi connectivity index (χ1n) is 7.43. The van der Waals surface area contributed by atoms with E-state index in [2.05, 4.69) is 5.32 Å². The molecule has 0 heterocycles. The van der Waals surface area contributed by atoms with E-state index < -0.39 is 0 Å². The lowest BCUT2D eigenvalue weighted by Crippen LogP contribution is -2.08. The zero-order chi connectivity index (χ0) is 17.0. The minimum absolute atomic E-state index is 0.0543. The van der Waals surface area contributed by atoms with Crippen molar-refractivity contribution in [2.75, 3.05) is 12.4 Å². The standard InChI is InChI=1S/C18H21Cl2NO2/c1-11(2)23-18-9-16(20)13(7-17(18)22-4)10-21-14-6-5-12(3)15(19)8-14/h5-9,11,21H,10H2,1-4H3. The molecule has 0 unspecified atom stereocenters. The van der Waals surface area contributed by atoms with Crippen LogP contribution in [-0.2, 0) is 6.54 Å². The fourth-order valence-corrected chi connectivity index (χ4v) is 2.52. The number of aryl methyl sites for hydroxylation is 1. The van der Waals surface area contributed by atoms with Crippen molar-refractivity contribution in [1.82, 2.24) is 0 Å². The van der Waals surface area contributed by atoms with Gasteiger partial charge in [0, 0.05) is 28.3 Å². The highest BCUT2D eigenvalue weighted by atomic mass is 35.5. The molecule has 0 amide bonds. The predicted molar refractivity (Wildman–Crippen MR) is 97.3 cm³/mol. The number of methoxy groups -OCH3 is 1. The third kappa shape index (κ3) is 4.69. The average Bonchev–Trinajstić information content (AvgIpc) is 2.49. The van der Waals surface area contributed by atoms with Gasteiger partial charge in [-0.15, -0.1) is 0 Å². The monoisotopic (exact) mass is 353 g/mol. The van der Waals surface area contributed by atoms with Crippen LogP contribution in [0.4, 0.5) is 5.69 Å². The second kappa shape index (κ2) is 7.80. The van der Waals surface area contributed by atoms with Gasteiger partial charge in [-0.3, -0.25) is 0 Å². The van der Waals surface area contributed by atoms with E-state index >= 15 is 0 Å². The number of benzene rings is 2. The molecule has 0 aliphatic rings. The highest BCUT2D eigenvalue weighted by molar-refractivity contribution is 6.32. The molecule has 0 aliphatic heterocycles. The number of rotatable bonds is 6. The van der Waals surface area contributed by atoms with Gasteiger partial charge in [0.1, 0.15) is 0 Å². The fourth-order valence-electron chi connectivity index (χ4n) is 2.12. The van der Waals surface area contributed by atoms with Gasteiger partial charge in [-0.2, -0.15) is 0 Å². The lowest BCUT2D eigenvalue weighted by Gasteiger charge is -2.16. The van der Waals surface area contributed by atoms with Crippen molar-refractivity contribution in [3.05, 3.63) is 51.5 Å². The number of halogens is 2. The van der Waals surface area contributed by atoms with Crippen LogP contribution in [0.15, 0.2) is 30.3 Å². The van der Waals surface area contributed by atoms with Crippen molar-refractivity contribution in [3.63, 3.8) is 0 Å². The van der Waals surface area contributed by atoms with E-state index in [1.165, 1.54) is 0 Å². The number of hydrogen-bond acceptors (Lipinski definition) is 3. The van der Waals surface area contributed by atoms with Crippen LogP contribution >= 0.6 is 23.2 Å². The van der Waals surface area contributed by atoms with Gasteiger partial charge in [-0.05, 0) is 50.1 Å². The summed E-state index contributed by atoms with van der Waals surface area (Å²) >= 11 is 12.5. The van der Waals surface area contributed by atoms with E-state index in [4.69, 9.17) is 32.7 Å². The highest BCUT2D eigenvalue weighted by Crippen LogP contribution is 2.34. The topological polar surface area (TPSA) is 30.5 Å². The lowest BCUT2D eigenvalue weighted by molar-refractivity contribution is 0.230. The molecule has 0 saturated heterocycles. The Bertz CT molecular complexity index is 687. The zero-order valence-corrected chi connectivity index (χ0v) is 15.3. The van der Waals surface area contributed by atoms with Crippen LogP contribution in [0.3, 0.4) is 0 Å². The van der Waals surface area contributed by atoms with Crippen molar-refractivity contribution in [3.8, 4) is 11.5 Å². The van der Waals surface area contributed by atoms with Gasteiger partial charge in [0.05, 0.1) is 13.2 Å². The molecule has 0 aliphatic carbocycles. The van der Waals surface area contributed by atoms with Crippen molar-refractivity contribution >= 4 is 28.9 Å². The molecule has 0 saturated carbocycles. The first-order chi connectivity index (χ1) is 10.9. The summed E-state index contributed by atoms with van der Waals surface area (Å²) in [5.41, 5.74) is 2.92. The van der Waals surface area contributed by atoms with E-state index in [9.17, 15) is 0 Å². The van der Waals surface area contributed by atoms with Crippen LogP contribution in [0.2, 0.25) is 10.0 Å². The second-order valence-corrected chi connectivity index (χ2v) is 6.39. The summed E-state index contributed by atoms with van der Waals surface area (Å²) in [7, 11) is 1.62.